The van der Waals surface area contributed by atoms with Gasteiger partial charge in [-0.2, -0.15) is 0 Å². The van der Waals surface area contributed by atoms with Crippen LogP contribution in [0.25, 0.3) is 0 Å². The summed E-state index contributed by atoms with van der Waals surface area (Å²) in [4.78, 5) is 23.1. The lowest BCUT2D eigenvalue weighted by atomic mass is 10.0. The summed E-state index contributed by atoms with van der Waals surface area (Å²) in [5, 5.41) is 0.618. The third kappa shape index (κ3) is 2.92. The number of carbonyl (C=O) groups excluding carboxylic acids is 2. The van der Waals surface area contributed by atoms with Crippen molar-refractivity contribution in [1.29, 1.82) is 0 Å². The predicted molar refractivity (Wildman–Crippen MR) is 65.3 cm³/mol. The fraction of sp³-hybridized carbons (Fsp3) is 0.333. The van der Waals surface area contributed by atoms with E-state index in [1.54, 1.807) is 18.2 Å². The molecule has 0 N–H and O–H groups in total. The van der Waals surface area contributed by atoms with Gasteiger partial charge in [0.05, 0.1) is 12.7 Å². The van der Waals surface area contributed by atoms with Crippen LogP contribution in [0.1, 0.15) is 32.7 Å². The molecule has 0 unspecified atom stereocenters. The Bertz CT molecular complexity index is 413. The third-order valence-corrected chi connectivity index (χ3v) is 2.68. The van der Waals surface area contributed by atoms with Crippen molar-refractivity contribution in [3.63, 3.8) is 0 Å². The number of esters is 1. The zero-order valence-corrected chi connectivity index (χ0v) is 10.8. The summed E-state index contributed by atoms with van der Waals surface area (Å²) in [6.45, 7) is 1.81. The number of Topliss-reactive ketones (excluding diaryl/α,β-unsaturated/α-hetero) is 1. The van der Waals surface area contributed by atoms with Gasteiger partial charge < -0.3 is 4.74 Å². The lowest BCUT2D eigenvalue weighted by molar-refractivity contribution is 0.0600. The Kier molecular flexibility index (Phi) is 4.68. The van der Waals surface area contributed by atoms with E-state index >= 15 is 0 Å². The number of ketones is 1. The van der Waals surface area contributed by atoms with E-state index in [2.05, 4.69) is 20.7 Å². The molecule has 0 saturated heterocycles. The molecule has 0 amide bonds. The van der Waals surface area contributed by atoms with E-state index in [1.807, 2.05) is 6.92 Å². The van der Waals surface area contributed by atoms with Crippen molar-refractivity contribution in [2.75, 3.05) is 12.4 Å². The molecule has 0 aromatic heterocycles. The zero-order chi connectivity index (χ0) is 12.1. The van der Waals surface area contributed by atoms with Gasteiger partial charge in [-0.1, -0.05) is 28.1 Å². The van der Waals surface area contributed by atoms with Crippen LogP contribution in [-0.2, 0) is 4.74 Å². The molecule has 0 saturated carbocycles. The normalized spacial score (nSPS) is 9.94. The summed E-state index contributed by atoms with van der Waals surface area (Å²) < 4.78 is 4.65. The maximum absolute atomic E-state index is 11.6. The van der Waals surface area contributed by atoms with E-state index in [4.69, 9.17) is 0 Å². The van der Waals surface area contributed by atoms with Crippen molar-refractivity contribution in [2.45, 2.75) is 13.3 Å². The topological polar surface area (TPSA) is 43.4 Å². The van der Waals surface area contributed by atoms with E-state index in [-0.39, 0.29) is 5.78 Å². The van der Waals surface area contributed by atoms with Gasteiger partial charge >= 0.3 is 5.97 Å². The molecule has 0 heterocycles. The lowest BCUT2D eigenvalue weighted by Gasteiger charge is -2.06. The second-order valence-electron chi connectivity index (χ2n) is 3.38. The number of ether oxygens (including phenoxy) is 1. The number of methoxy groups -OCH3 is 1. The fourth-order valence-corrected chi connectivity index (χ4v) is 1.72. The number of carbonyl (C=O) groups is 2. The van der Waals surface area contributed by atoms with E-state index in [9.17, 15) is 9.59 Å². The van der Waals surface area contributed by atoms with Crippen LogP contribution < -0.4 is 0 Å². The highest BCUT2D eigenvalue weighted by atomic mass is 79.9. The van der Waals surface area contributed by atoms with Crippen molar-refractivity contribution in [1.82, 2.24) is 0 Å². The first-order valence-corrected chi connectivity index (χ1v) is 6.00. The minimum Gasteiger partial charge on any atom is -0.465 e. The van der Waals surface area contributed by atoms with Gasteiger partial charge in [0.15, 0.2) is 5.78 Å². The van der Waals surface area contributed by atoms with E-state index in [0.717, 1.165) is 5.56 Å². The average Bonchev–Trinajstić information content (AvgIpc) is 2.29. The van der Waals surface area contributed by atoms with Crippen molar-refractivity contribution >= 4 is 27.7 Å². The van der Waals surface area contributed by atoms with Crippen LogP contribution in [0.3, 0.4) is 0 Å². The number of hydrogen-bond acceptors (Lipinski definition) is 3. The number of alkyl halides is 1. The number of halogens is 1. The highest BCUT2D eigenvalue weighted by molar-refractivity contribution is 9.09. The molecule has 1 rings (SSSR count). The summed E-state index contributed by atoms with van der Waals surface area (Å²) in [7, 11) is 1.33. The molecule has 3 nitrogen and oxygen atoms in total. The Morgan fingerprint density at radius 2 is 2.06 bits per heavy atom. The Morgan fingerprint density at radius 1 is 1.38 bits per heavy atom. The minimum absolute atomic E-state index is 0.0158. The van der Waals surface area contributed by atoms with Gasteiger partial charge in [-0.15, -0.1) is 0 Å². The maximum atomic E-state index is 11.6. The average molecular weight is 285 g/mol. The molecule has 1 aromatic rings. The first kappa shape index (κ1) is 12.9. The minimum atomic E-state index is -0.411. The summed E-state index contributed by atoms with van der Waals surface area (Å²) in [5.74, 6) is -0.395. The van der Waals surface area contributed by atoms with Gasteiger partial charge in [0.25, 0.3) is 0 Å². The Morgan fingerprint density at radius 3 is 2.62 bits per heavy atom. The molecular weight excluding hydrogens is 272 g/mol. The number of aryl methyl sites for hydroxylation is 1. The Balaban J connectivity index is 3.07. The summed E-state index contributed by atoms with van der Waals surface area (Å²) in [6.07, 6.45) is 0.420. The highest BCUT2D eigenvalue weighted by Crippen LogP contribution is 2.14. The molecule has 16 heavy (non-hydrogen) atoms. The maximum Gasteiger partial charge on any atom is 0.338 e. The molecule has 0 atom stereocenters. The second kappa shape index (κ2) is 5.80. The molecule has 1 aromatic carbocycles. The molecule has 0 aliphatic carbocycles. The summed E-state index contributed by atoms with van der Waals surface area (Å²) in [6, 6.07) is 5.08. The smallest absolute Gasteiger partial charge is 0.338 e. The third-order valence-electron chi connectivity index (χ3n) is 2.29. The molecule has 0 radical (unpaired) electrons. The molecular formula is C12H13BrO3. The molecule has 86 valence electrons. The first-order chi connectivity index (χ1) is 7.60. The quantitative estimate of drug-likeness (QED) is 0.485. The monoisotopic (exact) mass is 284 g/mol. The van der Waals surface area contributed by atoms with Gasteiger partial charge in [-0.3, -0.25) is 4.79 Å². The molecule has 4 heteroatoms. The van der Waals surface area contributed by atoms with Crippen LogP contribution in [-0.4, -0.2) is 24.2 Å². The van der Waals surface area contributed by atoms with Crippen LogP contribution in [0.2, 0.25) is 0 Å². The van der Waals surface area contributed by atoms with Gasteiger partial charge in [-0.25, -0.2) is 4.79 Å². The van der Waals surface area contributed by atoms with Crippen LogP contribution in [0.15, 0.2) is 18.2 Å². The predicted octanol–water partition coefficient (Wildman–Crippen LogP) is 2.75. The van der Waals surface area contributed by atoms with Gasteiger partial charge in [0, 0.05) is 17.3 Å². The largest absolute Gasteiger partial charge is 0.465 e. The molecule has 0 bridgehead atoms. The lowest BCUT2D eigenvalue weighted by Crippen LogP contribution is -2.07. The van der Waals surface area contributed by atoms with Gasteiger partial charge in [-0.05, 0) is 18.6 Å². The van der Waals surface area contributed by atoms with E-state index < -0.39 is 5.97 Å². The highest BCUT2D eigenvalue weighted by Gasteiger charge is 2.12. The van der Waals surface area contributed by atoms with Crippen LogP contribution in [0, 0.1) is 6.92 Å². The molecule has 0 spiro atoms. The summed E-state index contributed by atoms with van der Waals surface area (Å²) in [5.41, 5.74) is 1.80. The Hall–Kier alpha value is -1.16. The summed E-state index contributed by atoms with van der Waals surface area (Å²) >= 11 is 3.21. The SMILES string of the molecule is COC(=O)c1cc(C(=O)CCBr)ccc1C. The molecule has 0 fully saturated rings. The second-order valence-corrected chi connectivity index (χ2v) is 4.18. The Labute approximate surface area is 103 Å². The first-order valence-electron chi connectivity index (χ1n) is 4.88. The van der Waals surface area contributed by atoms with E-state index in [1.165, 1.54) is 7.11 Å². The standard InChI is InChI=1S/C12H13BrO3/c1-8-3-4-9(11(14)5-6-13)7-10(8)12(15)16-2/h3-4,7H,5-6H2,1-2H3. The van der Waals surface area contributed by atoms with Crippen molar-refractivity contribution < 1.29 is 14.3 Å². The van der Waals surface area contributed by atoms with Crippen LogP contribution in [0.5, 0.6) is 0 Å². The van der Waals surface area contributed by atoms with E-state index in [0.29, 0.717) is 22.9 Å². The fourth-order valence-electron chi connectivity index (χ4n) is 1.36. The van der Waals surface area contributed by atoms with Crippen LogP contribution >= 0.6 is 15.9 Å². The molecule has 0 aliphatic rings. The van der Waals surface area contributed by atoms with Gasteiger partial charge in [0.2, 0.25) is 0 Å². The zero-order valence-electron chi connectivity index (χ0n) is 9.25. The van der Waals surface area contributed by atoms with Gasteiger partial charge in [0.1, 0.15) is 0 Å². The van der Waals surface area contributed by atoms with Crippen molar-refractivity contribution in [3.8, 4) is 0 Å². The molecule has 0 aliphatic heterocycles. The van der Waals surface area contributed by atoms with Crippen molar-refractivity contribution in [3.05, 3.63) is 34.9 Å². The number of benzene rings is 1. The number of hydrogen-bond donors (Lipinski definition) is 0. The van der Waals surface area contributed by atoms with Crippen LogP contribution in [0.4, 0.5) is 0 Å². The number of rotatable bonds is 4. The van der Waals surface area contributed by atoms with Crippen molar-refractivity contribution in [2.24, 2.45) is 0 Å².